The molecule has 178 valence electrons. The summed E-state index contributed by atoms with van der Waals surface area (Å²) in [5.74, 6) is -0.790. The third-order valence-electron chi connectivity index (χ3n) is 6.80. The maximum absolute atomic E-state index is 12.6. The van der Waals surface area contributed by atoms with E-state index in [9.17, 15) is 14.4 Å². The summed E-state index contributed by atoms with van der Waals surface area (Å²) >= 11 is 0. The van der Waals surface area contributed by atoms with E-state index >= 15 is 0 Å². The number of oxazole rings is 1. The molecule has 1 fully saturated rings. The molecule has 33 heavy (non-hydrogen) atoms. The van der Waals surface area contributed by atoms with Gasteiger partial charge in [0.2, 0.25) is 5.91 Å². The Kier molecular flexibility index (Phi) is 6.28. The Bertz CT molecular complexity index is 1040. The van der Waals surface area contributed by atoms with Gasteiger partial charge in [0.25, 0.3) is 0 Å². The molecule has 0 unspecified atom stereocenters. The number of methoxy groups -OCH3 is 1. The van der Waals surface area contributed by atoms with Crippen LogP contribution in [0, 0.1) is 16.7 Å². The molecule has 1 aromatic heterocycles. The van der Waals surface area contributed by atoms with Crippen LogP contribution < -0.4 is 20.7 Å². The minimum Gasteiger partial charge on any atom is -0.496 e. The number of nitrogens with one attached hydrogen (secondary N) is 3. The third-order valence-corrected chi connectivity index (χ3v) is 6.80. The highest BCUT2D eigenvalue weighted by atomic mass is 16.5. The van der Waals surface area contributed by atoms with Crippen molar-refractivity contribution >= 4 is 23.4 Å². The maximum atomic E-state index is 12.6. The predicted octanol–water partition coefficient (Wildman–Crippen LogP) is 2.98. The zero-order valence-corrected chi connectivity index (χ0v) is 20.2. The topological polar surface area (TPSA) is 123 Å². The molecule has 0 bridgehead atoms. The number of hydrogen-bond acceptors (Lipinski definition) is 6. The first kappa shape index (κ1) is 24.3. The molecule has 0 radical (unpaired) electrons. The Hall–Kier alpha value is -3.36. The Balaban J connectivity index is 1.56. The lowest BCUT2D eigenvalue weighted by Gasteiger charge is -2.26. The van der Waals surface area contributed by atoms with Crippen LogP contribution in [0.25, 0.3) is 11.3 Å². The van der Waals surface area contributed by atoms with Gasteiger partial charge in [-0.2, -0.15) is 0 Å². The fourth-order valence-electron chi connectivity index (χ4n) is 4.18. The lowest BCUT2D eigenvalue weighted by Crippen LogP contribution is -2.54. The summed E-state index contributed by atoms with van der Waals surface area (Å²) in [5, 5.41) is 8.15. The van der Waals surface area contributed by atoms with E-state index in [-0.39, 0.29) is 29.2 Å². The van der Waals surface area contributed by atoms with E-state index in [0.717, 1.165) is 0 Å². The molecule has 1 aromatic carbocycles. The van der Waals surface area contributed by atoms with Crippen molar-refractivity contribution in [3.05, 3.63) is 30.8 Å². The number of ether oxygens (including phenoxy) is 1. The zero-order valence-electron chi connectivity index (χ0n) is 20.2. The van der Waals surface area contributed by atoms with Crippen LogP contribution in [0.15, 0.2) is 35.2 Å². The van der Waals surface area contributed by atoms with Gasteiger partial charge in [0.1, 0.15) is 5.75 Å². The van der Waals surface area contributed by atoms with Crippen LogP contribution >= 0.6 is 0 Å². The van der Waals surface area contributed by atoms with Gasteiger partial charge in [0, 0.05) is 24.2 Å². The van der Waals surface area contributed by atoms with Crippen molar-refractivity contribution < 1.29 is 23.5 Å². The number of anilines is 1. The molecular formula is C24H32N4O5. The Morgan fingerprint density at radius 3 is 2.33 bits per heavy atom. The van der Waals surface area contributed by atoms with Crippen molar-refractivity contribution in [1.82, 2.24) is 15.6 Å². The average molecular weight is 457 g/mol. The smallest absolute Gasteiger partial charge is 0.313 e. The summed E-state index contributed by atoms with van der Waals surface area (Å²) in [6.07, 6.45) is 2.86. The molecule has 1 saturated carbocycles. The van der Waals surface area contributed by atoms with Crippen molar-refractivity contribution in [2.45, 2.75) is 47.1 Å². The molecule has 3 amide bonds. The summed E-state index contributed by atoms with van der Waals surface area (Å²) < 4.78 is 10.6. The fourth-order valence-corrected chi connectivity index (χ4v) is 4.18. The van der Waals surface area contributed by atoms with Gasteiger partial charge in [0.15, 0.2) is 12.2 Å². The summed E-state index contributed by atoms with van der Waals surface area (Å²) in [7, 11) is 1.49. The van der Waals surface area contributed by atoms with E-state index in [1.165, 1.54) is 13.5 Å². The number of aromatic nitrogens is 1. The molecule has 0 spiro atoms. The zero-order chi connectivity index (χ0) is 24.6. The van der Waals surface area contributed by atoms with Gasteiger partial charge >= 0.3 is 11.8 Å². The number of carbonyl (C=O) groups excluding carboxylic acids is 3. The number of amides is 3. The lowest BCUT2D eigenvalue weighted by molar-refractivity contribution is -0.137. The van der Waals surface area contributed by atoms with Crippen LogP contribution in [0.3, 0.4) is 0 Å². The highest BCUT2D eigenvalue weighted by molar-refractivity contribution is 6.39. The minimum absolute atomic E-state index is 0.0456. The summed E-state index contributed by atoms with van der Waals surface area (Å²) in [6.45, 7) is 12.0. The van der Waals surface area contributed by atoms with Crippen LogP contribution in [0.2, 0.25) is 0 Å². The molecule has 3 N–H and O–H groups in total. The van der Waals surface area contributed by atoms with Gasteiger partial charge in [-0.1, -0.05) is 27.7 Å². The molecule has 0 saturated heterocycles. The molecule has 1 aliphatic rings. The van der Waals surface area contributed by atoms with E-state index < -0.39 is 17.4 Å². The van der Waals surface area contributed by atoms with Crippen molar-refractivity contribution in [1.29, 1.82) is 0 Å². The van der Waals surface area contributed by atoms with E-state index in [1.807, 2.05) is 0 Å². The van der Waals surface area contributed by atoms with Crippen molar-refractivity contribution in [3.8, 4) is 17.1 Å². The van der Waals surface area contributed by atoms with Crippen molar-refractivity contribution in [3.63, 3.8) is 0 Å². The summed E-state index contributed by atoms with van der Waals surface area (Å²) in [5.41, 5.74) is 0.0834. The second-order valence-corrected chi connectivity index (χ2v) is 10.2. The molecule has 9 nitrogen and oxygen atoms in total. The highest BCUT2D eigenvalue weighted by Gasteiger charge is 2.68. The van der Waals surface area contributed by atoms with E-state index in [0.29, 0.717) is 22.8 Å². The van der Waals surface area contributed by atoms with Crippen LogP contribution in [0.5, 0.6) is 5.75 Å². The molecule has 1 heterocycles. The highest BCUT2D eigenvalue weighted by Crippen LogP contribution is 2.68. The van der Waals surface area contributed by atoms with E-state index in [4.69, 9.17) is 9.15 Å². The fraction of sp³-hybridized carbons (Fsp3) is 0.500. The summed E-state index contributed by atoms with van der Waals surface area (Å²) in [6, 6.07) is 4.93. The lowest BCUT2D eigenvalue weighted by atomic mass is 10.0. The maximum Gasteiger partial charge on any atom is 0.313 e. The van der Waals surface area contributed by atoms with Crippen molar-refractivity contribution in [2.75, 3.05) is 19.0 Å². The van der Waals surface area contributed by atoms with Crippen LogP contribution in [0.4, 0.5) is 5.69 Å². The van der Waals surface area contributed by atoms with Gasteiger partial charge in [-0.05, 0) is 36.8 Å². The Morgan fingerprint density at radius 1 is 1.12 bits per heavy atom. The van der Waals surface area contributed by atoms with Crippen LogP contribution in [0.1, 0.15) is 41.5 Å². The Morgan fingerprint density at radius 2 is 1.79 bits per heavy atom. The molecule has 2 aromatic rings. The van der Waals surface area contributed by atoms with E-state index in [1.54, 1.807) is 38.2 Å². The number of nitrogens with zero attached hydrogens (tertiary/aromatic N) is 1. The minimum atomic E-state index is -0.826. The number of benzene rings is 1. The first-order valence-electron chi connectivity index (χ1n) is 10.8. The largest absolute Gasteiger partial charge is 0.496 e. The van der Waals surface area contributed by atoms with Gasteiger partial charge in [-0.15, -0.1) is 0 Å². The molecule has 0 aliphatic heterocycles. The quantitative estimate of drug-likeness (QED) is 0.551. The number of rotatable bonds is 7. The second-order valence-electron chi connectivity index (χ2n) is 10.2. The number of carbonyl (C=O) groups is 3. The summed E-state index contributed by atoms with van der Waals surface area (Å²) in [4.78, 5) is 41.4. The molecule has 3 rings (SSSR count). The molecule has 0 atom stereocenters. The third kappa shape index (κ3) is 4.86. The standard InChI is InChI=1S/C24H32N4O5/c1-22(2,12-26-19(29)18-23(3,4)24(18,5)6)28-21(31)20(30)27-14-8-9-15(16(10-14)32-7)17-11-25-13-33-17/h8-11,13,18H,12H2,1-7H3,(H,26,29)(H,27,30)(H,28,31). The van der Waals surface area contributed by atoms with E-state index in [2.05, 4.69) is 48.6 Å². The molecular weight excluding hydrogens is 424 g/mol. The second kappa shape index (κ2) is 8.53. The van der Waals surface area contributed by atoms with Crippen LogP contribution in [-0.4, -0.2) is 41.9 Å². The first-order chi connectivity index (χ1) is 15.3. The predicted molar refractivity (Wildman–Crippen MR) is 123 cm³/mol. The Labute approximate surface area is 193 Å². The number of hydrogen-bond donors (Lipinski definition) is 3. The van der Waals surface area contributed by atoms with Crippen molar-refractivity contribution in [2.24, 2.45) is 16.7 Å². The van der Waals surface area contributed by atoms with Gasteiger partial charge < -0.3 is 25.1 Å². The monoisotopic (exact) mass is 456 g/mol. The average Bonchev–Trinajstić information content (AvgIpc) is 3.10. The van der Waals surface area contributed by atoms with Gasteiger partial charge in [-0.25, -0.2) is 4.98 Å². The first-order valence-corrected chi connectivity index (χ1v) is 10.8. The normalized spacial score (nSPS) is 16.6. The SMILES string of the molecule is COc1cc(NC(=O)C(=O)NC(C)(C)CNC(=O)C2C(C)(C)C2(C)C)ccc1-c1cnco1. The molecule has 1 aliphatic carbocycles. The van der Waals surface area contributed by atoms with Gasteiger partial charge in [0.05, 0.1) is 24.4 Å². The van der Waals surface area contributed by atoms with Gasteiger partial charge in [-0.3, -0.25) is 14.4 Å². The molecule has 9 heteroatoms. The van der Waals surface area contributed by atoms with Crippen LogP contribution in [-0.2, 0) is 14.4 Å².